The van der Waals surface area contributed by atoms with E-state index in [0.717, 1.165) is 25.2 Å². The van der Waals surface area contributed by atoms with Crippen LogP contribution in [0.5, 0.6) is 11.5 Å². The average Bonchev–Trinajstić information content (AvgIpc) is 2.18. The minimum absolute atomic E-state index is 0.237. The number of likely N-dealkylation sites (tertiary alicyclic amines) is 1. The van der Waals surface area contributed by atoms with Gasteiger partial charge in [0.1, 0.15) is 0 Å². The summed E-state index contributed by atoms with van der Waals surface area (Å²) in [6.07, 6.45) is 0. The monoisotopic (exact) mass is 208 g/mol. The Morgan fingerprint density at radius 2 is 2.27 bits per heavy atom. The molecule has 1 aromatic carbocycles. The second-order valence-corrected chi connectivity index (χ2v) is 3.92. The second-order valence-electron chi connectivity index (χ2n) is 3.92. The van der Waals surface area contributed by atoms with Crippen LogP contribution in [0.4, 0.5) is 0 Å². The van der Waals surface area contributed by atoms with Crippen molar-refractivity contribution in [2.75, 3.05) is 20.2 Å². The van der Waals surface area contributed by atoms with Gasteiger partial charge in [-0.3, -0.25) is 4.90 Å². The first-order valence-corrected chi connectivity index (χ1v) is 5.03. The summed E-state index contributed by atoms with van der Waals surface area (Å²) in [5.74, 6) is 0.762. The summed E-state index contributed by atoms with van der Waals surface area (Å²) in [6, 6.07) is 5.83. The number of benzene rings is 1. The molecule has 2 rings (SSSR count). The minimum atomic E-state index is 0.237. The third-order valence-corrected chi connectivity index (χ3v) is 2.68. The zero-order valence-electron chi connectivity index (χ0n) is 8.81. The molecule has 1 aliphatic heterocycles. The molecule has 4 nitrogen and oxygen atoms in total. The number of para-hydroxylation sites is 1. The lowest BCUT2D eigenvalue weighted by Gasteiger charge is -2.36. The van der Waals surface area contributed by atoms with Gasteiger partial charge in [0.05, 0.1) is 7.11 Å². The Kier molecular flexibility index (Phi) is 2.79. The molecule has 82 valence electrons. The van der Waals surface area contributed by atoms with Crippen molar-refractivity contribution in [3.05, 3.63) is 23.8 Å². The Hall–Kier alpha value is -1.26. The summed E-state index contributed by atoms with van der Waals surface area (Å²) in [5.41, 5.74) is 6.58. The normalized spacial score (nSPS) is 17.5. The highest BCUT2D eigenvalue weighted by atomic mass is 16.5. The molecule has 1 fully saturated rings. The molecule has 0 aliphatic carbocycles. The molecule has 0 spiro atoms. The molecule has 0 unspecified atom stereocenters. The fourth-order valence-corrected chi connectivity index (χ4v) is 1.84. The molecule has 1 aliphatic rings. The predicted octanol–water partition coefficient (Wildman–Crippen LogP) is 0.544. The molecule has 0 atom stereocenters. The maximum Gasteiger partial charge on any atom is 0.162 e. The average molecular weight is 208 g/mol. The van der Waals surface area contributed by atoms with Crippen LogP contribution in [0.15, 0.2) is 18.2 Å². The number of hydrogen-bond acceptors (Lipinski definition) is 4. The Bertz CT molecular complexity index is 348. The lowest BCUT2D eigenvalue weighted by Crippen LogP contribution is -2.54. The van der Waals surface area contributed by atoms with E-state index >= 15 is 0 Å². The molecule has 0 aromatic heterocycles. The molecule has 4 heteroatoms. The predicted molar refractivity (Wildman–Crippen MR) is 57.9 cm³/mol. The van der Waals surface area contributed by atoms with Crippen molar-refractivity contribution in [2.45, 2.75) is 12.6 Å². The first-order valence-electron chi connectivity index (χ1n) is 5.03. The smallest absolute Gasteiger partial charge is 0.162 e. The van der Waals surface area contributed by atoms with Gasteiger partial charge in [-0.05, 0) is 6.07 Å². The van der Waals surface area contributed by atoms with Crippen LogP contribution in [-0.4, -0.2) is 36.2 Å². The van der Waals surface area contributed by atoms with Gasteiger partial charge in [0.25, 0.3) is 0 Å². The summed E-state index contributed by atoms with van der Waals surface area (Å²) in [4.78, 5) is 2.19. The van der Waals surface area contributed by atoms with E-state index in [2.05, 4.69) is 4.90 Å². The molecule has 3 N–H and O–H groups in total. The molecule has 15 heavy (non-hydrogen) atoms. The maximum atomic E-state index is 9.84. The van der Waals surface area contributed by atoms with Gasteiger partial charge in [-0.2, -0.15) is 0 Å². The lowest BCUT2D eigenvalue weighted by atomic mass is 10.1. The van der Waals surface area contributed by atoms with Crippen molar-refractivity contribution in [1.82, 2.24) is 4.90 Å². The SMILES string of the molecule is COc1cccc(CN2CC(N)C2)c1O. The zero-order valence-corrected chi connectivity index (χ0v) is 8.81. The summed E-state index contributed by atoms with van der Waals surface area (Å²) in [7, 11) is 1.55. The van der Waals surface area contributed by atoms with Crippen LogP contribution in [-0.2, 0) is 6.54 Å². The van der Waals surface area contributed by atoms with E-state index in [4.69, 9.17) is 10.5 Å². The van der Waals surface area contributed by atoms with Gasteiger partial charge in [0, 0.05) is 31.2 Å². The molecule has 0 amide bonds. The van der Waals surface area contributed by atoms with E-state index in [0.29, 0.717) is 5.75 Å². The van der Waals surface area contributed by atoms with Gasteiger partial charge in [-0.1, -0.05) is 12.1 Å². The van der Waals surface area contributed by atoms with Gasteiger partial charge in [-0.25, -0.2) is 0 Å². The second kappa shape index (κ2) is 4.08. The lowest BCUT2D eigenvalue weighted by molar-refractivity contribution is 0.141. The van der Waals surface area contributed by atoms with Crippen molar-refractivity contribution in [3.63, 3.8) is 0 Å². The number of phenols is 1. The third kappa shape index (κ3) is 2.06. The number of aromatic hydroxyl groups is 1. The van der Waals surface area contributed by atoms with E-state index in [1.54, 1.807) is 13.2 Å². The summed E-state index contributed by atoms with van der Waals surface area (Å²) in [5, 5.41) is 9.84. The molecule has 1 saturated heterocycles. The Morgan fingerprint density at radius 3 is 2.87 bits per heavy atom. The van der Waals surface area contributed by atoms with E-state index < -0.39 is 0 Å². The van der Waals surface area contributed by atoms with E-state index in [1.165, 1.54) is 0 Å². The van der Waals surface area contributed by atoms with Crippen LogP contribution in [0.25, 0.3) is 0 Å². The molecule has 1 heterocycles. The Balaban J connectivity index is 2.07. The third-order valence-electron chi connectivity index (χ3n) is 2.68. The van der Waals surface area contributed by atoms with Gasteiger partial charge in [-0.15, -0.1) is 0 Å². The molecule has 0 bridgehead atoms. The number of ether oxygens (including phenoxy) is 1. The Labute approximate surface area is 89.3 Å². The summed E-state index contributed by atoms with van der Waals surface area (Å²) in [6.45, 7) is 2.53. The fraction of sp³-hybridized carbons (Fsp3) is 0.455. The number of hydrogen-bond donors (Lipinski definition) is 2. The van der Waals surface area contributed by atoms with Crippen LogP contribution in [0, 0.1) is 0 Å². The minimum Gasteiger partial charge on any atom is -0.504 e. The van der Waals surface area contributed by atoms with Crippen molar-refractivity contribution < 1.29 is 9.84 Å². The number of nitrogens with zero attached hydrogens (tertiary/aromatic N) is 1. The van der Waals surface area contributed by atoms with Crippen molar-refractivity contribution >= 4 is 0 Å². The van der Waals surface area contributed by atoms with E-state index in [9.17, 15) is 5.11 Å². The first kappa shape index (κ1) is 10.3. The van der Waals surface area contributed by atoms with Gasteiger partial charge in [0.2, 0.25) is 0 Å². The molecule has 0 saturated carbocycles. The number of phenolic OH excluding ortho intramolecular Hbond substituents is 1. The van der Waals surface area contributed by atoms with Crippen LogP contribution in [0.3, 0.4) is 0 Å². The molecule has 0 radical (unpaired) electrons. The van der Waals surface area contributed by atoms with Gasteiger partial charge < -0.3 is 15.6 Å². The highest BCUT2D eigenvalue weighted by Gasteiger charge is 2.23. The molecular weight excluding hydrogens is 192 g/mol. The molecular formula is C11H16N2O2. The van der Waals surface area contributed by atoms with Crippen LogP contribution in [0.2, 0.25) is 0 Å². The zero-order chi connectivity index (χ0) is 10.8. The number of methoxy groups -OCH3 is 1. The first-order chi connectivity index (χ1) is 7.20. The van der Waals surface area contributed by atoms with Crippen molar-refractivity contribution in [2.24, 2.45) is 5.73 Å². The largest absolute Gasteiger partial charge is 0.504 e. The van der Waals surface area contributed by atoms with E-state index in [-0.39, 0.29) is 11.8 Å². The van der Waals surface area contributed by atoms with Crippen molar-refractivity contribution in [3.8, 4) is 11.5 Å². The van der Waals surface area contributed by atoms with Gasteiger partial charge >= 0.3 is 0 Å². The number of rotatable bonds is 3. The highest BCUT2D eigenvalue weighted by Crippen LogP contribution is 2.30. The number of nitrogens with two attached hydrogens (primary N) is 1. The highest BCUT2D eigenvalue weighted by molar-refractivity contribution is 5.45. The van der Waals surface area contributed by atoms with Crippen molar-refractivity contribution in [1.29, 1.82) is 0 Å². The standard InChI is InChI=1S/C11H16N2O2/c1-15-10-4-2-3-8(11(10)14)5-13-6-9(12)7-13/h2-4,9,14H,5-7,12H2,1H3. The summed E-state index contributed by atoms with van der Waals surface area (Å²) >= 11 is 0. The fourth-order valence-electron chi connectivity index (χ4n) is 1.84. The quantitative estimate of drug-likeness (QED) is 0.761. The van der Waals surface area contributed by atoms with E-state index in [1.807, 2.05) is 12.1 Å². The maximum absolute atomic E-state index is 9.84. The summed E-state index contributed by atoms with van der Waals surface area (Å²) < 4.78 is 5.05. The topological polar surface area (TPSA) is 58.7 Å². The van der Waals surface area contributed by atoms with Gasteiger partial charge in [0.15, 0.2) is 11.5 Å². The van der Waals surface area contributed by atoms with Crippen LogP contribution < -0.4 is 10.5 Å². The Morgan fingerprint density at radius 1 is 1.53 bits per heavy atom. The van der Waals surface area contributed by atoms with Crippen LogP contribution >= 0.6 is 0 Å². The molecule has 1 aromatic rings. The van der Waals surface area contributed by atoms with Crippen LogP contribution in [0.1, 0.15) is 5.56 Å².